The van der Waals surface area contributed by atoms with E-state index >= 15 is 0 Å². The average molecular weight is 276 g/mol. The molecule has 0 atom stereocenters. The Kier molecular flexibility index (Phi) is 5.31. The van der Waals surface area contributed by atoms with Crippen molar-refractivity contribution in [1.82, 2.24) is 5.32 Å². The van der Waals surface area contributed by atoms with Crippen LogP contribution in [-0.4, -0.2) is 17.9 Å². The molecule has 0 heterocycles. The fourth-order valence-electron chi connectivity index (χ4n) is 1.66. The van der Waals surface area contributed by atoms with Gasteiger partial charge in [-0.2, -0.15) is 0 Å². The van der Waals surface area contributed by atoms with Crippen molar-refractivity contribution in [2.24, 2.45) is 5.41 Å². The molecule has 110 valence electrons. The summed E-state index contributed by atoms with van der Waals surface area (Å²) in [5, 5.41) is 5.56. The number of anilines is 1. The van der Waals surface area contributed by atoms with Crippen LogP contribution in [0.1, 0.15) is 40.2 Å². The number of amides is 2. The minimum atomic E-state index is -1.10. The molecular weight excluding hydrogens is 252 g/mol. The van der Waals surface area contributed by atoms with E-state index in [1.165, 1.54) is 5.56 Å². The van der Waals surface area contributed by atoms with Gasteiger partial charge in [0.2, 0.25) is 11.8 Å². The van der Waals surface area contributed by atoms with E-state index in [0.29, 0.717) is 5.69 Å². The predicted molar refractivity (Wildman–Crippen MR) is 81.5 cm³/mol. The molecule has 1 aromatic carbocycles. The first-order chi connectivity index (χ1) is 9.27. The van der Waals surface area contributed by atoms with Gasteiger partial charge in [0.25, 0.3) is 0 Å². The number of benzene rings is 1. The van der Waals surface area contributed by atoms with Gasteiger partial charge < -0.3 is 10.6 Å². The molecule has 0 bridgehead atoms. The first-order valence-corrected chi connectivity index (χ1v) is 6.98. The van der Waals surface area contributed by atoms with Crippen molar-refractivity contribution in [3.05, 3.63) is 29.8 Å². The highest BCUT2D eigenvalue weighted by atomic mass is 16.2. The van der Waals surface area contributed by atoms with Crippen molar-refractivity contribution in [3.8, 4) is 0 Å². The SMILES string of the molecule is CCc1ccc(NC(=O)C(C)(C)C(=O)NC(C)C)cc1. The lowest BCUT2D eigenvalue weighted by Crippen LogP contribution is -2.47. The Bertz CT molecular complexity index is 476. The molecule has 2 amide bonds. The van der Waals surface area contributed by atoms with Crippen LogP contribution in [0.25, 0.3) is 0 Å². The highest BCUT2D eigenvalue weighted by Gasteiger charge is 2.36. The fraction of sp³-hybridized carbons (Fsp3) is 0.500. The molecule has 0 spiro atoms. The van der Waals surface area contributed by atoms with E-state index in [4.69, 9.17) is 0 Å². The van der Waals surface area contributed by atoms with Crippen LogP contribution in [0, 0.1) is 5.41 Å². The van der Waals surface area contributed by atoms with Crippen molar-refractivity contribution >= 4 is 17.5 Å². The Morgan fingerprint density at radius 1 is 1.10 bits per heavy atom. The van der Waals surface area contributed by atoms with Gasteiger partial charge in [-0.15, -0.1) is 0 Å². The molecule has 0 aliphatic rings. The summed E-state index contributed by atoms with van der Waals surface area (Å²) < 4.78 is 0. The number of rotatable bonds is 5. The molecule has 0 radical (unpaired) electrons. The summed E-state index contributed by atoms with van der Waals surface area (Å²) in [6.07, 6.45) is 0.955. The number of aryl methyl sites for hydroxylation is 1. The molecule has 20 heavy (non-hydrogen) atoms. The van der Waals surface area contributed by atoms with Crippen LogP contribution in [0.2, 0.25) is 0 Å². The van der Waals surface area contributed by atoms with Crippen molar-refractivity contribution in [1.29, 1.82) is 0 Å². The Morgan fingerprint density at radius 3 is 2.10 bits per heavy atom. The van der Waals surface area contributed by atoms with E-state index in [-0.39, 0.29) is 17.9 Å². The van der Waals surface area contributed by atoms with Gasteiger partial charge in [0.15, 0.2) is 0 Å². The first-order valence-electron chi connectivity index (χ1n) is 6.98. The van der Waals surface area contributed by atoms with Crippen molar-refractivity contribution in [2.75, 3.05) is 5.32 Å². The number of hydrogen-bond acceptors (Lipinski definition) is 2. The zero-order valence-electron chi connectivity index (χ0n) is 12.9. The zero-order chi connectivity index (χ0) is 15.3. The molecule has 2 N–H and O–H groups in total. The molecule has 0 aromatic heterocycles. The summed E-state index contributed by atoms with van der Waals surface area (Å²) in [7, 11) is 0. The van der Waals surface area contributed by atoms with Gasteiger partial charge >= 0.3 is 0 Å². The predicted octanol–water partition coefficient (Wildman–Crippen LogP) is 2.74. The lowest BCUT2D eigenvalue weighted by atomic mass is 9.90. The van der Waals surface area contributed by atoms with E-state index in [1.54, 1.807) is 13.8 Å². The van der Waals surface area contributed by atoms with Crippen LogP contribution >= 0.6 is 0 Å². The normalized spacial score (nSPS) is 11.3. The molecule has 4 heteroatoms. The van der Waals surface area contributed by atoms with Gasteiger partial charge in [0, 0.05) is 11.7 Å². The second-order valence-corrected chi connectivity index (χ2v) is 5.76. The highest BCUT2D eigenvalue weighted by Crippen LogP contribution is 2.19. The lowest BCUT2D eigenvalue weighted by Gasteiger charge is -2.24. The van der Waals surface area contributed by atoms with E-state index in [0.717, 1.165) is 6.42 Å². The van der Waals surface area contributed by atoms with Gasteiger partial charge in [-0.05, 0) is 51.8 Å². The molecular formula is C16H24N2O2. The smallest absolute Gasteiger partial charge is 0.239 e. The molecule has 0 saturated carbocycles. The van der Waals surface area contributed by atoms with Crippen molar-refractivity contribution in [3.63, 3.8) is 0 Å². The third-order valence-corrected chi connectivity index (χ3v) is 3.18. The number of nitrogens with one attached hydrogen (secondary N) is 2. The van der Waals surface area contributed by atoms with Crippen LogP contribution in [0.15, 0.2) is 24.3 Å². The topological polar surface area (TPSA) is 58.2 Å². The van der Waals surface area contributed by atoms with E-state index in [1.807, 2.05) is 38.1 Å². The zero-order valence-corrected chi connectivity index (χ0v) is 12.9. The van der Waals surface area contributed by atoms with Gasteiger partial charge in [0.05, 0.1) is 0 Å². The fourth-order valence-corrected chi connectivity index (χ4v) is 1.66. The molecule has 0 unspecified atom stereocenters. The second-order valence-electron chi connectivity index (χ2n) is 5.76. The van der Waals surface area contributed by atoms with Crippen LogP contribution in [0.3, 0.4) is 0 Å². The molecule has 0 fully saturated rings. The maximum absolute atomic E-state index is 12.2. The third-order valence-electron chi connectivity index (χ3n) is 3.18. The number of carbonyl (C=O) groups is 2. The van der Waals surface area contributed by atoms with E-state index < -0.39 is 5.41 Å². The highest BCUT2D eigenvalue weighted by molar-refractivity contribution is 6.09. The minimum absolute atomic E-state index is 0.0124. The summed E-state index contributed by atoms with van der Waals surface area (Å²) in [6.45, 7) is 9.07. The van der Waals surface area contributed by atoms with Gasteiger partial charge in [-0.25, -0.2) is 0 Å². The maximum Gasteiger partial charge on any atom is 0.239 e. The molecule has 1 aromatic rings. The molecule has 0 aliphatic carbocycles. The van der Waals surface area contributed by atoms with Crippen LogP contribution in [0.5, 0.6) is 0 Å². The summed E-state index contributed by atoms with van der Waals surface area (Å²) >= 11 is 0. The quantitative estimate of drug-likeness (QED) is 0.812. The van der Waals surface area contributed by atoms with E-state index in [2.05, 4.69) is 17.6 Å². The van der Waals surface area contributed by atoms with Gasteiger partial charge in [0.1, 0.15) is 5.41 Å². The standard InChI is InChI=1S/C16H24N2O2/c1-6-12-7-9-13(10-8-12)18-15(20)16(4,5)14(19)17-11(2)3/h7-11H,6H2,1-5H3,(H,17,19)(H,18,20). The largest absolute Gasteiger partial charge is 0.353 e. The average Bonchev–Trinajstić information content (AvgIpc) is 2.38. The Labute approximate surface area is 121 Å². The Balaban J connectivity index is 2.75. The first kappa shape index (κ1) is 16.2. The third kappa shape index (κ3) is 4.08. The van der Waals surface area contributed by atoms with Crippen LogP contribution in [-0.2, 0) is 16.0 Å². The summed E-state index contributed by atoms with van der Waals surface area (Å²) in [5.41, 5.74) is 0.811. The monoisotopic (exact) mass is 276 g/mol. The molecule has 1 rings (SSSR count). The maximum atomic E-state index is 12.2. The summed E-state index contributed by atoms with van der Waals surface area (Å²) in [6, 6.07) is 7.66. The van der Waals surface area contributed by atoms with Crippen LogP contribution in [0.4, 0.5) is 5.69 Å². The lowest BCUT2D eigenvalue weighted by molar-refractivity contribution is -0.138. The van der Waals surface area contributed by atoms with Crippen molar-refractivity contribution in [2.45, 2.75) is 47.1 Å². The Morgan fingerprint density at radius 2 is 1.65 bits per heavy atom. The van der Waals surface area contributed by atoms with Gasteiger partial charge in [-0.3, -0.25) is 9.59 Å². The summed E-state index contributed by atoms with van der Waals surface area (Å²) in [5.74, 6) is -0.574. The molecule has 0 saturated heterocycles. The van der Waals surface area contributed by atoms with Crippen molar-refractivity contribution < 1.29 is 9.59 Å². The van der Waals surface area contributed by atoms with E-state index in [9.17, 15) is 9.59 Å². The molecule has 4 nitrogen and oxygen atoms in total. The second kappa shape index (κ2) is 6.55. The van der Waals surface area contributed by atoms with Gasteiger partial charge in [-0.1, -0.05) is 19.1 Å². The minimum Gasteiger partial charge on any atom is -0.353 e. The summed E-state index contributed by atoms with van der Waals surface area (Å²) in [4.78, 5) is 24.3. The number of carbonyl (C=O) groups excluding carboxylic acids is 2. The Hall–Kier alpha value is -1.84. The number of hydrogen-bond donors (Lipinski definition) is 2. The molecule has 0 aliphatic heterocycles. The van der Waals surface area contributed by atoms with Crippen LogP contribution < -0.4 is 10.6 Å².